The van der Waals surface area contributed by atoms with Crippen LogP contribution in [-0.4, -0.2) is 61.9 Å². The highest BCUT2D eigenvalue weighted by atomic mass is 16.7. The minimum Gasteiger partial charge on any atom is -0.463 e. The third kappa shape index (κ3) is 5.17. The highest BCUT2D eigenvalue weighted by molar-refractivity contribution is 5.71. The molecule has 140 valence electrons. The van der Waals surface area contributed by atoms with Crippen LogP contribution in [0.3, 0.4) is 0 Å². The van der Waals surface area contributed by atoms with Crippen molar-refractivity contribution in [2.24, 2.45) is 0 Å². The molecular formula is C16H23NO8. The fourth-order valence-electron chi connectivity index (χ4n) is 2.73. The number of carbonyl (C=O) groups is 3. The summed E-state index contributed by atoms with van der Waals surface area (Å²) in [5.41, 5.74) is 0. The molecule has 0 spiro atoms. The molecular weight excluding hydrogens is 334 g/mol. The normalized spacial score (nSPS) is 30.6. The molecule has 9 nitrogen and oxygen atoms in total. The van der Waals surface area contributed by atoms with Crippen molar-refractivity contribution >= 4 is 18.0 Å². The van der Waals surface area contributed by atoms with E-state index in [-0.39, 0.29) is 6.61 Å². The first-order valence-corrected chi connectivity index (χ1v) is 8.08. The second-order valence-electron chi connectivity index (χ2n) is 5.76. The van der Waals surface area contributed by atoms with Crippen LogP contribution < -0.4 is 5.32 Å². The summed E-state index contributed by atoms with van der Waals surface area (Å²) < 4.78 is 26.9. The van der Waals surface area contributed by atoms with Gasteiger partial charge >= 0.3 is 18.0 Å². The number of unbranched alkanes of at least 4 members (excludes halogenated alkanes) is 1. The van der Waals surface area contributed by atoms with Gasteiger partial charge in [-0.3, -0.25) is 9.59 Å². The summed E-state index contributed by atoms with van der Waals surface area (Å²) in [4.78, 5) is 34.2. The number of carbonyl (C=O) groups excluding carboxylic acids is 3. The predicted molar refractivity (Wildman–Crippen MR) is 83.4 cm³/mol. The van der Waals surface area contributed by atoms with Crippen LogP contribution in [0.4, 0.5) is 4.79 Å². The largest absolute Gasteiger partial charge is 0.463 e. The van der Waals surface area contributed by atoms with Crippen molar-refractivity contribution in [1.82, 2.24) is 5.32 Å². The van der Waals surface area contributed by atoms with Gasteiger partial charge in [-0.25, -0.2) is 4.79 Å². The minimum absolute atomic E-state index is 0.152. The first kappa shape index (κ1) is 19.2. The molecule has 0 aliphatic carbocycles. The first-order chi connectivity index (χ1) is 11.9. The second kappa shape index (κ2) is 8.82. The van der Waals surface area contributed by atoms with E-state index in [4.69, 9.17) is 23.7 Å². The van der Waals surface area contributed by atoms with Gasteiger partial charge in [-0.15, -0.1) is 6.58 Å². The van der Waals surface area contributed by atoms with Gasteiger partial charge in [0.15, 0.2) is 18.5 Å². The molecule has 9 heteroatoms. The van der Waals surface area contributed by atoms with Gasteiger partial charge in [0.25, 0.3) is 0 Å². The molecule has 25 heavy (non-hydrogen) atoms. The molecule has 1 amide bonds. The van der Waals surface area contributed by atoms with Gasteiger partial charge in [0.2, 0.25) is 0 Å². The number of allylic oxidation sites excluding steroid dienone is 1. The van der Waals surface area contributed by atoms with Gasteiger partial charge in [-0.2, -0.15) is 0 Å². The molecule has 0 radical (unpaired) electrons. The Hall–Kier alpha value is -2.13. The van der Waals surface area contributed by atoms with E-state index in [0.717, 1.165) is 12.8 Å². The van der Waals surface area contributed by atoms with Gasteiger partial charge in [0.1, 0.15) is 18.8 Å². The Morgan fingerprint density at radius 2 is 2.08 bits per heavy atom. The highest BCUT2D eigenvalue weighted by Gasteiger charge is 2.54. The third-order valence-corrected chi connectivity index (χ3v) is 3.76. The summed E-state index contributed by atoms with van der Waals surface area (Å²) in [6.07, 6.45) is -0.699. The number of hydrogen-bond acceptors (Lipinski definition) is 8. The summed E-state index contributed by atoms with van der Waals surface area (Å²) in [6.45, 7) is 6.36. The van der Waals surface area contributed by atoms with Crippen LogP contribution in [0.2, 0.25) is 0 Å². The number of esters is 2. The lowest BCUT2D eigenvalue weighted by molar-refractivity contribution is -0.264. The predicted octanol–water partition coefficient (Wildman–Crippen LogP) is 0.666. The van der Waals surface area contributed by atoms with Crippen LogP contribution in [0.25, 0.3) is 0 Å². The molecule has 0 bridgehead atoms. The van der Waals surface area contributed by atoms with E-state index < -0.39 is 48.7 Å². The fourth-order valence-corrected chi connectivity index (χ4v) is 2.73. The molecule has 2 aliphatic rings. The van der Waals surface area contributed by atoms with Crippen LogP contribution in [0, 0.1) is 0 Å². The lowest BCUT2D eigenvalue weighted by atomic mass is 9.97. The molecule has 2 saturated heterocycles. The fraction of sp³-hybridized carbons (Fsp3) is 0.688. The summed E-state index contributed by atoms with van der Waals surface area (Å²) >= 11 is 0. The molecule has 2 aliphatic heterocycles. The van der Waals surface area contributed by atoms with Crippen LogP contribution in [0.5, 0.6) is 0 Å². The standard InChI is InChI=1S/C16H23NO8/c1-4-5-6-7-21-15-12-14(25-16(20)17-12)13(23-10(3)19)11(24-15)8-22-9(2)18/h4,11-15H,1,5-8H2,2-3H3,(H,17,20)/t11-,12+,13-,14-,15+/m1/s1. The van der Waals surface area contributed by atoms with Crippen molar-refractivity contribution in [3.05, 3.63) is 12.7 Å². The Balaban J connectivity index is 2.11. The second-order valence-corrected chi connectivity index (χ2v) is 5.76. The molecule has 0 unspecified atom stereocenters. The van der Waals surface area contributed by atoms with E-state index in [1.54, 1.807) is 6.08 Å². The summed E-state index contributed by atoms with van der Waals surface area (Å²) in [5.74, 6) is -1.06. The molecule has 0 aromatic rings. The Kier molecular flexibility index (Phi) is 6.77. The van der Waals surface area contributed by atoms with Crippen LogP contribution >= 0.6 is 0 Å². The Morgan fingerprint density at radius 3 is 2.72 bits per heavy atom. The number of amides is 1. The average Bonchev–Trinajstić information content (AvgIpc) is 2.93. The monoisotopic (exact) mass is 357 g/mol. The van der Waals surface area contributed by atoms with Gasteiger partial charge in [-0.05, 0) is 12.8 Å². The summed E-state index contributed by atoms with van der Waals surface area (Å²) in [5, 5.41) is 2.61. The van der Waals surface area contributed by atoms with Crippen molar-refractivity contribution < 1.29 is 38.1 Å². The summed E-state index contributed by atoms with van der Waals surface area (Å²) in [6, 6.07) is -0.630. The number of ether oxygens (including phenoxy) is 5. The zero-order chi connectivity index (χ0) is 18.4. The van der Waals surface area contributed by atoms with Gasteiger partial charge in [0.05, 0.1) is 6.61 Å². The molecule has 2 heterocycles. The molecule has 0 aromatic carbocycles. The number of hydrogen-bond donors (Lipinski definition) is 1. The highest BCUT2D eigenvalue weighted by Crippen LogP contribution is 2.30. The number of nitrogens with one attached hydrogen (secondary N) is 1. The maximum absolute atomic E-state index is 11.7. The van der Waals surface area contributed by atoms with Crippen molar-refractivity contribution in [3.8, 4) is 0 Å². The maximum atomic E-state index is 11.7. The van der Waals surface area contributed by atoms with E-state index in [9.17, 15) is 14.4 Å². The van der Waals surface area contributed by atoms with Crippen molar-refractivity contribution in [2.75, 3.05) is 13.2 Å². The number of alkyl carbamates (subject to hydrolysis) is 1. The lowest BCUT2D eigenvalue weighted by Gasteiger charge is -2.40. The van der Waals surface area contributed by atoms with Crippen molar-refractivity contribution in [2.45, 2.75) is 57.3 Å². The third-order valence-electron chi connectivity index (χ3n) is 3.76. The zero-order valence-electron chi connectivity index (χ0n) is 14.3. The van der Waals surface area contributed by atoms with Crippen LogP contribution in [0.15, 0.2) is 12.7 Å². The molecule has 0 aromatic heterocycles. The molecule has 5 atom stereocenters. The topological polar surface area (TPSA) is 109 Å². The lowest BCUT2D eigenvalue weighted by Crippen LogP contribution is -2.61. The minimum atomic E-state index is -0.908. The van der Waals surface area contributed by atoms with Crippen molar-refractivity contribution in [3.63, 3.8) is 0 Å². The number of fused-ring (bicyclic) bond motifs is 1. The van der Waals surface area contributed by atoms with Crippen LogP contribution in [0.1, 0.15) is 26.7 Å². The zero-order valence-corrected chi connectivity index (χ0v) is 14.3. The van der Waals surface area contributed by atoms with E-state index in [1.165, 1.54) is 13.8 Å². The maximum Gasteiger partial charge on any atom is 0.408 e. The molecule has 0 saturated carbocycles. The van der Waals surface area contributed by atoms with Gasteiger partial charge < -0.3 is 29.0 Å². The summed E-state index contributed by atoms with van der Waals surface area (Å²) in [7, 11) is 0. The van der Waals surface area contributed by atoms with E-state index in [1.807, 2.05) is 0 Å². The quantitative estimate of drug-likeness (QED) is 0.292. The van der Waals surface area contributed by atoms with E-state index in [0.29, 0.717) is 6.61 Å². The van der Waals surface area contributed by atoms with Gasteiger partial charge in [-0.1, -0.05) is 6.08 Å². The first-order valence-electron chi connectivity index (χ1n) is 8.08. The van der Waals surface area contributed by atoms with Crippen molar-refractivity contribution in [1.29, 1.82) is 0 Å². The average molecular weight is 357 g/mol. The smallest absolute Gasteiger partial charge is 0.408 e. The molecule has 2 fully saturated rings. The SMILES string of the molecule is C=CCCCO[C@H]1O[C@H](COC(C)=O)[C@@H](OC(C)=O)[C@@H]2OC(=O)N[C@H]12. The van der Waals surface area contributed by atoms with E-state index in [2.05, 4.69) is 11.9 Å². The van der Waals surface area contributed by atoms with Crippen LogP contribution in [-0.2, 0) is 33.3 Å². The van der Waals surface area contributed by atoms with Gasteiger partial charge in [0, 0.05) is 13.8 Å². The molecule has 1 N–H and O–H groups in total. The number of rotatable bonds is 8. The van der Waals surface area contributed by atoms with E-state index >= 15 is 0 Å². The molecule has 2 rings (SSSR count). The Labute approximate surface area is 145 Å². The Bertz CT molecular complexity index is 522. The Morgan fingerprint density at radius 1 is 1.32 bits per heavy atom.